The van der Waals surface area contributed by atoms with Crippen molar-refractivity contribution in [1.82, 2.24) is 5.16 Å². The van der Waals surface area contributed by atoms with Crippen molar-refractivity contribution in [2.75, 3.05) is 19.0 Å². The van der Waals surface area contributed by atoms with Crippen molar-refractivity contribution in [2.24, 2.45) is 5.92 Å². The molecule has 0 fully saturated rings. The monoisotopic (exact) mass is 368 g/mol. The summed E-state index contributed by atoms with van der Waals surface area (Å²) in [7, 11) is 1.59. The van der Waals surface area contributed by atoms with E-state index in [2.05, 4.69) is 10.5 Å². The topological polar surface area (TPSA) is 73.6 Å². The largest absolute Gasteiger partial charge is 0.497 e. The summed E-state index contributed by atoms with van der Waals surface area (Å²) in [5.74, 6) is 0.712. The van der Waals surface area contributed by atoms with E-state index in [0.29, 0.717) is 23.4 Å². The molecular weight excluding hydrogens is 351 g/mol. The first-order valence-electron chi connectivity index (χ1n) is 8.45. The summed E-state index contributed by atoms with van der Waals surface area (Å²) in [5.41, 5.74) is 1.93. The summed E-state index contributed by atoms with van der Waals surface area (Å²) in [6.45, 7) is 0.274. The van der Waals surface area contributed by atoms with Gasteiger partial charge in [-0.1, -0.05) is 17.3 Å². The first-order chi connectivity index (χ1) is 13.1. The van der Waals surface area contributed by atoms with Crippen molar-refractivity contribution in [3.63, 3.8) is 0 Å². The minimum Gasteiger partial charge on any atom is -0.497 e. The molecule has 0 saturated heterocycles. The van der Waals surface area contributed by atoms with Crippen LogP contribution in [-0.2, 0) is 11.2 Å². The number of anilines is 1. The Morgan fingerprint density at radius 3 is 2.96 bits per heavy atom. The number of nitrogens with zero attached hydrogens (tertiary/aromatic N) is 1. The molecular formula is C20H17FN2O4. The highest BCUT2D eigenvalue weighted by Crippen LogP contribution is 2.31. The third-order valence-electron chi connectivity index (χ3n) is 4.42. The second-order valence-corrected chi connectivity index (χ2v) is 6.26. The van der Waals surface area contributed by atoms with Crippen LogP contribution in [0, 0.1) is 11.7 Å². The van der Waals surface area contributed by atoms with Crippen LogP contribution in [0.2, 0.25) is 0 Å². The van der Waals surface area contributed by atoms with Gasteiger partial charge >= 0.3 is 0 Å². The Morgan fingerprint density at radius 2 is 2.15 bits per heavy atom. The molecule has 3 aromatic rings. The molecule has 7 heteroatoms. The van der Waals surface area contributed by atoms with Crippen LogP contribution in [0.4, 0.5) is 10.3 Å². The average molecular weight is 368 g/mol. The van der Waals surface area contributed by atoms with Crippen LogP contribution < -0.4 is 14.8 Å². The van der Waals surface area contributed by atoms with Crippen molar-refractivity contribution in [3.05, 3.63) is 59.9 Å². The fourth-order valence-electron chi connectivity index (χ4n) is 3.01. The van der Waals surface area contributed by atoms with Crippen molar-refractivity contribution in [1.29, 1.82) is 0 Å². The van der Waals surface area contributed by atoms with Crippen LogP contribution in [0.5, 0.6) is 11.5 Å². The summed E-state index contributed by atoms with van der Waals surface area (Å²) in [4.78, 5) is 12.6. The lowest BCUT2D eigenvalue weighted by Gasteiger charge is -2.24. The van der Waals surface area contributed by atoms with Gasteiger partial charge in [0.2, 0.25) is 11.8 Å². The number of ether oxygens (including phenoxy) is 2. The molecule has 1 amide bonds. The Hall–Kier alpha value is -3.35. The minimum atomic E-state index is -0.368. The summed E-state index contributed by atoms with van der Waals surface area (Å²) in [6.07, 6.45) is 0.531. The number of aromatic nitrogens is 1. The molecule has 27 heavy (non-hydrogen) atoms. The number of amides is 1. The number of halogens is 1. The van der Waals surface area contributed by atoms with E-state index in [0.717, 1.165) is 11.3 Å². The number of carbonyl (C=O) groups is 1. The third-order valence-corrected chi connectivity index (χ3v) is 4.42. The molecule has 1 aromatic heterocycles. The Bertz CT molecular complexity index is 986. The fraction of sp³-hybridized carbons (Fsp3) is 0.200. The van der Waals surface area contributed by atoms with E-state index in [-0.39, 0.29) is 30.1 Å². The number of nitrogens with one attached hydrogen (secondary N) is 1. The molecule has 2 aromatic carbocycles. The van der Waals surface area contributed by atoms with Crippen LogP contribution >= 0.6 is 0 Å². The molecule has 1 atom stereocenters. The van der Waals surface area contributed by atoms with Gasteiger partial charge in [0, 0.05) is 11.6 Å². The third kappa shape index (κ3) is 3.62. The quantitative estimate of drug-likeness (QED) is 0.760. The average Bonchev–Trinajstić information content (AvgIpc) is 3.15. The van der Waals surface area contributed by atoms with Gasteiger partial charge in [0.25, 0.3) is 0 Å². The van der Waals surface area contributed by atoms with E-state index in [1.807, 2.05) is 18.2 Å². The number of hydrogen-bond acceptors (Lipinski definition) is 5. The zero-order chi connectivity index (χ0) is 18.8. The van der Waals surface area contributed by atoms with Gasteiger partial charge in [0.05, 0.1) is 13.0 Å². The second-order valence-electron chi connectivity index (χ2n) is 6.26. The fourth-order valence-corrected chi connectivity index (χ4v) is 3.01. The summed E-state index contributed by atoms with van der Waals surface area (Å²) >= 11 is 0. The molecule has 0 aliphatic carbocycles. The number of methoxy groups -OCH3 is 1. The normalized spacial score (nSPS) is 15.6. The molecule has 0 bridgehead atoms. The van der Waals surface area contributed by atoms with Crippen molar-refractivity contribution >= 4 is 11.8 Å². The van der Waals surface area contributed by atoms with Gasteiger partial charge in [-0.25, -0.2) is 4.39 Å². The highest BCUT2D eigenvalue weighted by molar-refractivity contribution is 5.92. The zero-order valence-corrected chi connectivity index (χ0v) is 14.6. The summed E-state index contributed by atoms with van der Waals surface area (Å²) in [6, 6.07) is 13.1. The van der Waals surface area contributed by atoms with Gasteiger partial charge in [-0.2, -0.15) is 0 Å². The maximum atomic E-state index is 13.3. The molecule has 4 rings (SSSR count). The van der Waals surface area contributed by atoms with Gasteiger partial charge in [0.15, 0.2) is 0 Å². The summed E-state index contributed by atoms with van der Waals surface area (Å²) in [5, 5.41) is 6.58. The maximum Gasteiger partial charge on any atom is 0.233 e. The molecule has 138 valence electrons. The van der Waals surface area contributed by atoms with Crippen LogP contribution in [0.25, 0.3) is 11.3 Å². The maximum absolute atomic E-state index is 13.3. The van der Waals surface area contributed by atoms with E-state index in [4.69, 9.17) is 14.0 Å². The van der Waals surface area contributed by atoms with Crippen LogP contribution in [-0.4, -0.2) is 24.8 Å². The molecule has 0 radical (unpaired) electrons. The first-order valence-corrected chi connectivity index (χ1v) is 8.45. The van der Waals surface area contributed by atoms with Crippen LogP contribution in [0.3, 0.4) is 0 Å². The Kier molecular flexibility index (Phi) is 4.50. The van der Waals surface area contributed by atoms with E-state index < -0.39 is 0 Å². The van der Waals surface area contributed by atoms with Crippen LogP contribution in [0.15, 0.2) is 53.1 Å². The van der Waals surface area contributed by atoms with E-state index in [9.17, 15) is 9.18 Å². The van der Waals surface area contributed by atoms with Crippen molar-refractivity contribution in [3.8, 4) is 22.8 Å². The first kappa shape index (κ1) is 17.1. The van der Waals surface area contributed by atoms with Gasteiger partial charge in [0.1, 0.15) is 29.6 Å². The van der Waals surface area contributed by atoms with Crippen molar-refractivity contribution < 1.29 is 23.2 Å². The lowest BCUT2D eigenvalue weighted by molar-refractivity contribution is -0.121. The van der Waals surface area contributed by atoms with Gasteiger partial charge in [-0.05, 0) is 42.3 Å². The van der Waals surface area contributed by atoms with Gasteiger partial charge in [-0.3, -0.25) is 10.1 Å². The zero-order valence-electron chi connectivity index (χ0n) is 14.6. The van der Waals surface area contributed by atoms with Gasteiger partial charge < -0.3 is 14.0 Å². The Morgan fingerprint density at radius 1 is 1.26 bits per heavy atom. The van der Waals surface area contributed by atoms with E-state index in [1.54, 1.807) is 25.3 Å². The standard InChI is InChI=1S/C20H17FN2O4/c1-25-16-5-6-18-13(9-16)7-14(11-26-18)20(24)22-19-10-17(23-27-19)12-3-2-4-15(21)8-12/h2-6,8-10,14H,7,11H2,1H3,(H,22,24). The van der Waals surface area contributed by atoms with Gasteiger partial charge in [-0.15, -0.1) is 0 Å². The van der Waals surface area contributed by atoms with Crippen LogP contribution in [0.1, 0.15) is 5.56 Å². The lowest BCUT2D eigenvalue weighted by atomic mass is 9.96. The number of benzene rings is 2. The molecule has 1 aliphatic heterocycles. The lowest BCUT2D eigenvalue weighted by Crippen LogP contribution is -2.32. The SMILES string of the molecule is COc1ccc2c(c1)CC(C(=O)Nc1cc(-c3cccc(F)c3)no1)CO2. The molecule has 1 aliphatic rings. The molecule has 1 unspecified atom stereocenters. The highest BCUT2D eigenvalue weighted by Gasteiger charge is 2.27. The number of rotatable bonds is 4. The molecule has 1 N–H and O–H groups in total. The predicted molar refractivity (Wildman–Crippen MR) is 96.2 cm³/mol. The minimum absolute atomic E-state index is 0.204. The predicted octanol–water partition coefficient (Wildman–Crippen LogP) is 3.68. The highest BCUT2D eigenvalue weighted by atomic mass is 19.1. The molecule has 0 saturated carbocycles. The summed E-state index contributed by atoms with van der Waals surface area (Å²) < 4.78 is 29.4. The van der Waals surface area contributed by atoms with E-state index >= 15 is 0 Å². The molecule has 6 nitrogen and oxygen atoms in total. The van der Waals surface area contributed by atoms with Crippen molar-refractivity contribution in [2.45, 2.75) is 6.42 Å². The molecule has 0 spiro atoms. The Balaban J connectivity index is 1.45. The Labute approximate surface area is 154 Å². The van der Waals surface area contributed by atoms with E-state index in [1.165, 1.54) is 12.1 Å². The number of carbonyl (C=O) groups excluding carboxylic acids is 1. The second kappa shape index (κ2) is 7.11. The number of fused-ring (bicyclic) bond motifs is 1. The molecule has 2 heterocycles. The smallest absolute Gasteiger partial charge is 0.233 e. The number of hydrogen-bond donors (Lipinski definition) is 1.